The van der Waals surface area contributed by atoms with Crippen LogP contribution in [-0.2, 0) is 0 Å². The summed E-state index contributed by atoms with van der Waals surface area (Å²) in [4.78, 5) is 17.5. The standard InChI is InChI=1S/C11H14FN3OS/c1-7(5-10(13)17)15(2)11(16)9-4-3-8(12)6-14-9/h3-4,6-7H,5H2,1-2H3,(H2,13,17). The molecule has 1 amide bonds. The zero-order chi connectivity index (χ0) is 13.0. The van der Waals surface area contributed by atoms with Crippen LogP contribution in [0.15, 0.2) is 18.3 Å². The van der Waals surface area contributed by atoms with E-state index in [9.17, 15) is 9.18 Å². The molecular weight excluding hydrogens is 241 g/mol. The third-order valence-corrected chi connectivity index (χ3v) is 2.59. The van der Waals surface area contributed by atoms with E-state index in [0.29, 0.717) is 11.4 Å². The van der Waals surface area contributed by atoms with E-state index in [2.05, 4.69) is 4.98 Å². The number of thiocarbonyl (C=S) groups is 1. The van der Waals surface area contributed by atoms with Crippen LogP contribution in [0.25, 0.3) is 0 Å². The normalized spacial score (nSPS) is 11.9. The summed E-state index contributed by atoms with van der Waals surface area (Å²) in [5.74, 6) is -0.755. The smallest absolute Gasteiger partial charge is 0.272 e. The van der Waals surface area contributed by atoms with Gasteiger partial charge in [-0.1, -0.05) is 12.2 Å². The molecule has 1 unspecified atom stereocenters. The van der Waals surface area contributed by atoms with E-state index in [1.54, 1.807) is 7.05 Å². The molecule has 92 valence electrons. The molecule has 1 atom stereocenters. The second-order valence-electron chi connectivity index (χ2n) is 3.80. The third kappa shape index (κ3) is 3.74. The molecule has 1 aromatic heterocycles. The van der Waals surface area contributed by atoms with Gasteiger partial charge < -0.3 is 10.6 Å². The lowest BCUT2D eigenvalue weighted by atomic mass is 10.2. The Morgan fingerprint density at radius 1 is 1.65 bits per heavy atom. The van der Waals surface area contributed by atoms with Gasteiger partial charge in [0.1, 0.15) is 11.5 Å². The van der Waals surface area contributed by atoms with Gasteiger partial charge in [0.05, 0.1) is 11.2 Å². The molecule has 6 heteroatoms. The summed E-state index contributed by atoms with van der Waals surface area (Å²) in [6.45, 7) is 1.83. The molecule has 2 N–H and O–H groups in total. The average Bonchev–Trinajstić information content (AvgIpc) is 2.27. The molecule has 0 aliphatic heterocycles. The van der Waals surface area contributed by atoms with Crippen LogP contribution in [-0.4, -0.2) is 33.9 Å². The number of nitrogens with two attached hydrogens (primary N) is 1. The van der Waals surface area contributed by atoms with Gasteiger partial charge in [-0.2, -0.15) is 0 Å². The number of aromatic nitrogens is 1. The molecular formula is C11H14FN3OS. The molecule has 0 radical (unpaired) electrons. The minimum atomic E-state index is -0.472. The fraction of sp³-hybridized carbons (Fsp3) is 0.364. The Kier molecular flexibility index (Phi) is 4.51. The molecule has 4 nitrogen and oxygen atoms in total. The van der Waals surface area contributed by atoms with Crippen LogP contribution in [0.2, 0.25) is 0 Å². The Balaban J connectivity index is 2.75. The summed E-state index contributed by atoms with van der Waals surface area (Å²) in [6.07, 6.45) is 1.46. The van der Waals surface area contributed by atoms with Gasteiger partial charge >= 0.3 is 0 Å². The second-order valence-corrected chi connectivity index (χ2v) is 4.32. The Hall–Kier alpha value is -1.56. The van der Waals surface area contributed by atoms with Crippen molar-refractivity contribution in [2.75, 3.05) is 7.05 Å². The second kappa shape index (κ2) is 5.67. The van der Waals surface area contributed by atoms with Crippen LogP contribution < -0.4 is 5.73 Å². The highest BCUT2D eigenvalue weighted by atomic mass is 32.1. The summed E-state index contributed by atoms with van der Waals surface area (Å²) in [5.41, 5.74) is 5.62. The zero-order valence-electron chi connectivity index (χ0n) is 9.68. The molecule has 0 aliphatic carbocycles. The molecule has 0 aliphatic rings. The molecule has 0 aromatic carbocycles. The van der Waals surface area contributed by atoms with Crippen molar-refractivity contribution >= 4 is 23.1 Å². The van der Waals surface area contributed by atoms with Crippen LogP contribution in [0.5, 0.6) is 0 Å². The number of amides is 1. The lowest BCUT2D eigenvalue weighted by Gasteiger charge is -2.24. The van der Waals surface area contributed by atoms with Gasteiger partial charge in [0, 0.05) is 19.5 Å². The largest absolute Gasteiger partial charge is 0.393 e. The number of carbonyl (C=O) groups excluding carboxylic acids is 1. The monoisotopic (exact) mass is 255 g/mol. The maximum atomic E-state index is 12.7. The van der Waals surface area contributed by atoms with Gasteiger partial charge in [0.25, 0.3) is 5.91 Å². The van der Waals surface area contributed by atoms with Gasteiger partial charge in [-0.15, -0.1) is 0 Å². The predicted octanol–water partition coefficient (Wildman–Crippen LogP) is 1.36. The quantitative estimate of drug-likeness (QED) is 0.825. The Morgan fingerprint density at radius 2 is 2.29 bits per heavy atom. The highest BCUT2D eigenvalue weighted by molar-refractivity contribution is 7.80. The van der Waals surface area contributed by atoms with Crippen LogP contribution in [0, 0.1) is 5.82 Å². The molecule has 1 heterocycles. The molecule has 0 saturated heterocycles. The van der Waals surface area contributed by atoms with Crippen molar-refractivity contribution in [2.24, 2.45) is 5.73 Å². The van der Waals surface area contributed by atoms with Crippen molar-refractivity contribution in [3.8, 4) is 0 Å². The number of hydrogen-bond donors (Lipinski definition) is 1. The van der Waals surface area contributed by atoms with Gasteiger partial charge in [-0.25, -0.2) is 9.37 Å². The van der Waals surface area contributed by atoms with Crippen molar-refractivity contribution in [1.29, 1.82) is 0 Å². The molecule has 1 rings (SSSR count). The number of carbonyl (C=O) groups is 1. The van der Waals surface area contributed by atoms with E-state index < -0.39 is 5.82 Å². The van der Waals surface area contributed by atoms with Crippen molar-refractivity contribution < 1.29 is 9.18 Å². The summed E-state index contributed by atoms with van der Waals surface area (Å²) in [5, 5.41) is 0. The van der Waals surface area contributed by atoms with Gasteiger partial charge in [-0.3, -0.25) is 4.79 Å². The maximum Gasteiger partial charge on any atom is 0.272 e. The van der Waals surface area contributed by atoms with Crippen LogP contribution in [0.1, 0.15) is 23.8 Å². The lowest BCUT2D eigenvalue weighted by Crippen LogP contribution is -2.37. The SMILES string of the molecule is CC(CC(N)=S)N(C)C(=O)c1ccc(F)cn1. The number of rotatable bonds is 4. The zero-order valence-corrected chi connectivity index (χ0v) is 10.5. The summed E-state index contributed by atoms with van der Waals surface area (Å²) in [6, 6.07) is 2.43. The van der Waals surface area contributed by atoms with E-state index in [1.807, 2.05) is 6.92 Å². The van der Waals surface area contributed by atoms with E-state index >= 15 is 0 Å². The summed E-state index contributed by atoms with van der Waals surface area (Å²) in [7, 11) is 1.64. The topological polar surface area (TPSA) is 59.2 Å². The van der Waals surface area contributed by atoms with Crippen molar-refractivity contribution in [3.05, 3.63) is 29.8 Å². The maximum absolute atomic E-state index is 12.7. The highest BCUT2D eigenvalue weighted by Crippen LogP contribution is 2.07. The van der Waals surface area contributed by atoms with Crippen LogP contribution in [0.3, 0.4) is 0 Å². The fourth-order valence-electron chi connectivity index (χ4n) is 1.31. The average molecular weight is 255 g/mol. The molecule has 0 spiro atoms. The van der Waals surface area contributed by atoms with E-state index in [0.717, 1.165) is 6.20 Å². The van der Waals surface area contributed by atoms with Crippen molar-refractivity contribution in [3.63, 3.8) is 0 Å². The van der Waals surface area contributed by atoms with Gasteiger partial charge in [0.2, 0.25) is 0 Å². The number of pyridine rings is 1. The minimum Gasteiger partial charge on any atom is -0.393 e. The van der Waals surface area contributed by atoms with Crippen LogP contribution >= 0.6 is 12.2 Å². The minimum absolute atomic E-state index is 0.119. The number of nitrogens with zero attached hydrogens (tertiary/aromatic N) is 2. The molecule has 0 fully saturated rings. The number of halogens is 1. The highest BCUT2D eigenvalue weighted by Gasteiger charge is 2.18. The van der Waals surface area contributed by atoms with E-state index in [-0.39, 0.29) is 17.6 Å². The van der Waals surface area contributed by atoms with Crippen molar-refractivity contribution in [1.82, 2.24) is 9.88 Å². The first-order valence-electron chi connectivity index (χ1n) is 5.09. The van der Waals surface area contributed by atoms with Crippen LogP contribution in [0.4, 0.5) is 4.39 Å². The van der Waals surface area contributed by atoms with Gasteiger partial charge in [0.15, 0.2) is 0 Å². The first kappa shape index (κ1) is 13.5. The molecule has 1 aromatic rings. The Morgan fingerprint density at radius 3 is 2.76 bits per heavy atom. The summed E-state index contributed by atoms with van der Waals surface area (Å²) >= 11 is 4.79. The molecule has 0 bridgehead atoms. The van der Waals surface area contributed by atoms with Crippen molar-refractivity contribution in [2.45, 2.75) is 19.4 Å². The molecule has 17 heavy (non-hydrogen) atoms. The lowest BCUT2D eigenvalue weighted by molar-refractivity contribution is 0.0742. The Bertz CT molecular complexity index is 421. The third-order valence-electron chi connectivity index (χ3n) is 2.42. The number of hydrogen-bond acceptors (Lipinski definition) is 3. The Labute approximate surface area is 105 Å². The summed E-state index contributed by atoms with van der Waals surface area (Å²) < 4.78 is 12.7. The first-order chi connectivity index (χ1) is 7.91. The first-order valence-corrected chi connectivity index (χ1v) is 5.49. The van der Waals surface area contributed by atoms with E-state index in [1.165, 1.54) is 17.0 Å². The fourth-order valence-corrected chi connectivity index (χ4v) is 1.55. The van der Waals surface area contributed by atoms with Gasteiger partial charge in [-0.05, 0) is 19.1 Å². The predicted molar refractivity (Wildman–Crippen MR) is 67.2 cm³/mol. The molecule has 0 saturated carbocycles. The van der Waals surface area contributed by atoms with E-state index in [4.69, 9.17) is 18.0 Å².